The van der Waals surface area contributed by atoms with Crippen molar-refractivity contribution in [3.8, 4) is 6.07 Å². The van der Waals surface area contributed by atoms with Crippen molar-refractivity contribution in [2.45, 2.75) is 24.8 Å². The summed E-state index contributed by atoms with van der Waals surface area (Å²) in [4.78, 5) is 3.70. The maximum atomic E-state index is 11.0. The molecular formula is C9H9ClN2O2S. The molecule has 1 heterocycles. The third-order valence-corrected chi connectivity index (χ3v) is 3.12. The van der Waals surface area contributed by atoms with E-state index in [4.69, 9.17) is 15.9 Å². The van der Waals surface area contributed by atoms with Crippen LogP contribution in [0.2, 0.25) is 0 Å². The molecule has 1 aromatic heterocycles. The second-order valence-electron chi connectivity index (χ2n) is 3.33. The van der Waals surface area contributed by atoms with E-state index in [1.807, 2.05) is 13.8 Å². The van der Waals surface area contributed by atoms with Crippen LogP contribution in [0.3, 0.4) is 0 Å². The van der Waals surface area contributed by atoms with Gasteiger partial charge in [-0.1, -0.05) is 13.8 Å². The van der Waals surface area contributed by atoms with Gasteiger partial charge >= 0.3 is 0 Å². The van der Waals surface area contributed by atoms with Crippen molar-refractivity contribution in [2.75, 3.05) is 0 Å². The molecule has 0 spiro atoms. The van der Waals surface area contributed by atoms with Crippen molar-refractivity contribution in [1.82, 2.24) is 4.98 Å². The van der Waals surface area contributed by atoms with E-state index >= 15 is 0 Å². The summed E-state index contributed by atoms with van der Waals surface area (Å²) in [5, 5.41) is 8.40. The van der Waals surface area contributed by atoms with Gasteiger partial charge in [0.25, 0.3) is 9.05 Å². The lowest BCUT2D eigenvalue weighted by molar-refractivity contribution is 0.605. The Morgan fingerprint density at radius 3 is 2.53 bits per heavy atom. The minimum atomic E-state index is -3.95. The maximum absolute atomic E-state index is 11.0. The predicted octanol–water partition coefficient (Wildman–Crippen LogP) is 2.00. The van der Waals surface area contributed by atoms with Crippen molar-refractivity contribution in [3.05, 3.63) is 23.4 Å². The van der Waals surface area contributed by atoms with Gasteiger partial charge < -0.3 is 0 Å². The molecule has 0 fully saturated rings. The summed E-state index contributed by atoms with van der Waals surface area (Å²) in [6.07, 6.45) is 1.42. The van der Waals surface area contributed by atoms with Gasteiger partial charge in [-0.15, -0.1) is 0 Å². The van der Waals surface area contributed by atoms with Gasteiger partial charge in [0, 0.05) is 16.9 Å². The first-order valence-electron chi connectivity index (χ1n) is 4.21. The molecule has 0 bridgehead atoms. The highest BCUT2D eigenvalue weighted by atomic mass is 35.7. The minimum absolute atomic E-state index is 0.0174. The number of hydrogen-bond donors (Lipinski definition) is 0. The number of pyridine rings is 1. The molecule has 0 unspecified atom stereocenters. The Labute approximate surface area is 92.9 Å². The lowest BCUT2D eigenvalue weighted by Crippen LogP contribution is -2.01. The number of hydrogen-bond acceptors (Lipinski definition) is 4. The molecule has 0 aliphatic heterocycles. The first kappa shape index (κ1) is 12.0. The van der Waals surface area contributed by atoms with Crippen LogP contribution >= 0.6 is 10.7 Å². The average molecular weight is 245 g/mol. The lowest BCUT2D eigenvalue weighted by atomic mass is 10.0. The third-order valence-electron chi connectivity index (χ3n) is 1.89. The summed E-state index contributed by atoms with van der Waals surface area (Å²) in [5.74, 6) is 0.177. The van der Waals surface area contributed by atoms with E-state index in [0.717, 1.165) is 5.56 Å². The maximum Gasteiger partial charge on any atom is 0.280 e. The van der Waals surface area contributed by atoms with E-state index in [1.165, 1.54) is 12.3 Å². The van der Waals surface area contributed by atoms with Gasteiger partial charge in [-0.25, -0.2) is 13.4 Å². The third kappa shape index (κ3) is 2.67. The number of nitrogens with zero attached hydrogens (tertiary/aromatic N) is 2. The van der Waals surface area contributed by atoms with Crippen LogP contribution in [0, 0.1) is 11.3 Å². The van der Waals surface area contributed by atoms with Crippen LogP contribution < -0.4 is 0 Å². The molecule has 0 aliphatic rings. The zero-order valence-electron chi connectivity index (χ0n) is 8.23. The summed E-state index contributed by atoms with van der Waals surface area (Å²) in [7, 11) is 1.18. The Bertz CT molecular complexity index is 517. The Morgan fingerprint density at radius 1 is 1.53 bits per heavy atom. The van der Waals surface area contributed by atoms with E-state index in [9.17, 15) is 8.42 Å². The van der Waals surface area contributed by atoms with Crippen molar-refractivity contribution in [1.29, 1.82) is 5.26 Å². The van der Waals surface area contributed by atoms with Crippen LogP contribution in [0.15, 0.2) is 17.3 Å². The van der Waals surface area contributed by atoms with Gasteiger partial charge in [0.15, 0.2) is 5.03 Å². The van der Waals surface area contributed by atoms with Crippen LogP contribution in [0.1, 0.15) is 30.9 Å². The summed E-state index contributed by atoms with van der Waals surface area (Å²) >= 11 is 0. The normalized spacial score (nSPS) is 11.4. The number of rotatable bonds is 2. The van der Waals surface area contributed by atoms with E-state index in [1.54, 1.807) is 6.07 Å². The Hall–Kier alpha value is -1.12. The monoisotopic (exact) mass is 244 g/mol. The molecular weight excluding hydrogens is 236 g/mol. The Kier molecular flexibility index (Phi) is 3.32. The summed E-state index contributed by atoms with van der Waals surface area (Å²) in [6, 6.07) is 3.26. The van der Waals surface area contributed by atoms with Crippen molar-refractivity contribution in [3.63, 3.8) is 0 Å². The molecule has 0 radical (unpaired) electrons. The molecule has 0 saturated heterocycles. The molecule has 0 N–H and O–H groups in total. The highest BCUT2D eigenvalue weighted by molar-refractivity contribution is 8.13. The van der Waals surface area contributed by atoms with Gasteiger partial charge in [0.2, 0.25) is 0 Å². The van der Waals surface area contributed by atoms with Crippen molar-refractivity contribution < 1.29 is 8.42 Å². The molecule has 6 heteroatoms. The number of halogens is 1. The predicted molar refractivity (Wildman–Crippen MR) is 56.1 cm³/mol. The quantitative estimate of drug-likeness (QED) is 0.746. The second kappa shape index (κ2) is 4.17. The fourth-order valence-electron chi connectivity index (χ4n) is 1.06. The molecule has 15 heavy (non-hydrogen) atoms. The molecule has 0 atom stereocenters. The van der Waals surface area contributed by atoms with Crippen molar-refractivity contribution in [2.24, 2.45) is 0 Å². The molecule has 0 aliphatic carbocycles. The molecule has 0 saturated carbocycles. The zero-order valence-corrected chi connectivity index (χ0v) is 9.80. The standard InChI is InChI=1S/C9H9ClN2O2S/c1-6(2)8-3-7(4-11)9(12-5-8)15(10,13)14/h3,5-6H,1-2H3. The molecule has 1 aromatic rings. The van der Waals surface area contributed by atoms with E-state index < -0.39 is 9.05 Å². The Morgan fingerprint density at radius 2 is 2.13 bits per heavy atom. The number of nitriles is 1. The molecule has 0 aromatic carbocycles. The van der Waals surface area contributed by atoms with Gasteiger partial charge in [0.05, 0.1) is 5.56 Å². The highest BCUT2D eigenvalue weighted by Gasteiger charge is 2.18. The van der Waals surface area contributed by atoms with Crippen LogP contribution in [-0.4, -0.2) is 13.4 Å². The molecule has 4 nitrogen and oxygen atoms in total. The van der Waals surface area contributed by atoms with E-state index in [2.05, 4.69) is 4.98 Å². The van der Waals surface area contributed by atoms with Crippen molar-refractivity contribution >= 4 is 19.7 Å². The van der Waals surface area contributed by atoms with Crippen LogP contribution in [0.25, 0.3) is 0 Å². The van der Waals surface area contributed by atoms with Gasteiger partial charge in [-0.3, -0.25) is 0 Å². The topological polar surface area (TPSA) is 70.8 Å². The summed E-state index contributed by atoms with van der Waals surface area (Å²) in [5.41, 5.74) is 0.784. The molecule has 1 rings (SSSR count). The Balaban J connectivity index is 3.43. The fourth-order valence-corrected chi connectivity index (χ4v) is 1.97. The van der Waals surface area contributed by atoms with Gasteiger partial charge in [-0.05, 0) is 17.5 Å². The molecule has 0 amide bonds. The SMILES string of the molecule is CC(C)c1cnc(S(=O)(=O)Cl)c(C#N)c1. The second-order valence-corrected chi connectivity index (χ2v) is 5.81. The van der Waals surface area contributed by atoms with Gasteiger partial charge in [0.1, 0.15) is 6.07 Å². The lowest BCUT2D eigenvalue weighted by Gasteiger charge is -2.06. The molecule has 80 valence electrons. The first-order chi connectivity index (χ1) is 6.86. The van der Waals surface area contributed by atoms with Gasteiger partial charge in [-0.2, -0.15) is 5.26 Å². The van der Waals surface area contributed by atoms with E-state index in [0.29, 0.717) is 0 Å². The van der Waals surface area contributed by atoms with Crippen LogP contribution in [-0.2, 0) is 9.05 Å². The minimum Gasteiger partial charge on any atom is -0.242 e. The fraction of sp³-hybridized carbons (Fsp3) is 0.333. The average Bonchev–Trinajstić information content (AvgIpc) is 2.15. The van der Waals surface area contributed by atoms with E-state index in [-0.39, 0.29) is 16.5 Å². The highest BCUT2D eigenvalue weighted by Crippen LogP contribution is 2.21. The summed E-state index contributed by atoms with van der Waals surface area (Å²) < 4.78 is 22.1. The zero-order chi connectivity index (χ0) is 11.6. The smallest absolute Gasteiger partial charge is 0.242 e. The van der Waals surface area contributed by atoms with Crippen LogP contribution in [0.4, 0.5) is 0 Å². The summed E-state index contributed by atoms with van der Waals surface area (Å²) in [6.45, 7) is 3.85. The number of aromatic nitrogens is 1. The first-order valence-corrected chi connectivity index (χ1v) is 6.52. The van der Waals surface area contributed by atoms with Crippen LogP contribution in [0.5, 0.6) is 0 Å². The largest absolute Gasteiger partial charge is 0.280 e.